The molecule has 0 saturated heterocycles. The highest BCUT2D eigenvalue weighted by Gasteiger charge is 2.15. The molecule has 0 aliphatic carbocycles. The van der Waals surface area contributed by atoms with Gasteiger partial charge in [-0.3, -0.25) is 9.55 Å². The molecule has 140 valence electrons. The molecule has 0 aliphatic rings. The van der Waals surface area contributed by atoms with Gasteiger partial charge in [-0.2, -0.15) is 0 Å². The van der Waals surface area contributed by atoms with Crippen LogP contribution in [0, 0.1) is 6.92 Å². The van der Waals surface area contributed by atoms with Gasteiger partial charge in [-0.25, -0.2) is 0 Å². The fourth-order valence-corrected chi connectivity index (χ4v) is 3.37. The van der Waals surface area contributed by atoms with E-state index in [4.69, 9.17) is 4.74 Å². The van der Waals surface area contributed by atoms with Crippen molar-refractivity contribution in [2.45, 2.75) is 24.7 Å². The Morgan fingerprint density at radius 2 is 2.07 bits per heavy atom. The lowest BCUT2D eigenvalue weighted by atomic mass is 10.2. The average molecular weight is 382 g/mol. The standard InChI is InChI=1S/C20H22N4O2S/c1-3-11-24-19(16-7-9-21-10-8-16)22-23-20(24)27-14-17(25)13-26-18-6-4-5-15(2)12-18/h3-10,12,17,25H,1,11,13-14H2,2H3/t17-/m0/s1. The molecule has 0 aliphatic heterocycles. The van der Waals surface area contributed by atoms with Crippen LogP contribution in [0.15, 0.2) is 66.6 Å². The Morgan fingerprint density at radius 1 is 1.26 bits per heavy atom. The van der Waals surface area contributed by atoms with Crippen LogP contribution in [0.25, 0.3) is 11.4 Å². The van der Waals surface area contributed by atoms with Crippen molar-refractivity contribution >= 4 is 11.8 Å². The molecule has 2 aromatic heterocycles. The molecule has 27 heavy (non-hydrogen) atoms. The summed E-state index contributed by atoms with van der Waals surface area (Å²) in [4.78, 5) is 4.03. The molecule has 7 heteroatoms. The summed E-state index contributed by atoms with van der Waals surface area (Å²) in [6.07, 6.45) is 4.63. The Morgan fingerprint density at radius 3 is 2.81 bits per heavy atom. The molecule has 6 nitrogen and oxygen atoms in total. The molecule has 1 aromatic carbocycles. The van der Waals surface area contributed by atoms with Gasteiger partial charge in [-0.05, 0) is 36.8 Å². The third kappa shape index (κ3) is 5.18. The second-order valence-corrected chi connectivity index (χ2v) is 7.02. The van der Waals surface area contributed by atoms with Crippen LogP contribution in [0.5, 0.6) is 5.75 Å². The number of nitrogens with zero attached hydrogens (tertiary/aromatic N) is 4. The van der Waals surface area contributed by atoms with Gasteiger partial charge < -0.3 is 9.84 Å². The molecular weight excluding hydrogens is 360 g/mol. The molecule has 0 saturated carbocycles. The molecule has 1 atom stereocenters. The number of pyridine rings is 1. The maximum Gasteiger partial charge on any atom is 0.191 e. The normalized spacial score (nSPS) is 11.9. The smallest absolute Gasteiger partial charge is 0.191 e. The van der Waals surface area contributed by atoms with Crippen molar-refractivity contribution in [2.24, 2.45) is 0 Å². The van der Waals surface area contributed by atoms with Gasteiger partial charge in [0.05, 0.1) is 6.10 Å². The Hall–Kier alpha value is -2.64. The van der Waals surface area contributed by atoms with Crippen molar-refractivity contribution in [1.29, 1.82) is 0 Å². The monoisotopic (exact) mass is 382 g/mol. The number of aromatic nitrogens is 4. The van der Waals surface area contributed by atoms with Gasteiger partial charge in [0.25, 0.3) is 0 Å². The Labute approximate surface area is 162 Å². The number of benzene rings is 1. The Balaban J connectivity index is 1.61. The SMILES string of the molecule is C=CCn1c(SC[C@@H](O)COc2cccc(C)c2)nnc1-c1ccncc1. The Kier molecular flexibility index (Phi) is 6.62. The lowest BCUT2D eigenvalue weighted by Crippen LogP contribution is -2.20. The number of aliphatic hydroxyl groups is 1. The third-order valence-corrected chi connectivity index (χ3v) is 4.92. The van der Waals surface area contributed by atoms with E-state index in [1.165, 1.54) is 11.8 Å². The predicted octanol–water partition coefficient (Wildman–Crippen LogP) is 3.37. The fourth-order valence-electron chi connectivity index (χ4n) is 2.52. The second kappa shape index (κ2) is 9.34. The van der Waals surface area contributed by atoms with E-state index in [-0.39, 0.29) is 6.61 Å². The minimum atomic E-state index is -0.617. The maximum absolute atomic E-state index is 10.3. The van der Waals surface area contributed by atoms with Gasteiger partial charge >= 0.3 is 0 Å². The van der Waals surface area contributed by atoms with E-state index >= 15 is 0 Å². The lowest BCUT2D eigenvalue weighted by Gasteiger charge is -2.13. The van der Waals surface area contributed by atoms with Crippen molar-refractivity contribution in [3.05, 3.63) is 67.0 Å². The summed E-state index contributed by atoms with van der Waals surface area (Å²) < 4.78 is 7.63. The summed E-state index contributed by atoms with van der Waals surface area (Å²) in [5, 5.41) is 19.5. The lowest BCUT2D eigenvalue weighted by molar-refractivity contribution is 0.126. The first-order valence-electron chi connectivity index (χ1n) is 8.62. The van der Waals surface area contributed by atoms with Crippen LogP contribution in [0.2, 0.25) is 0 Å². The van der Waals surface area contributed by atoms with Crippen LogP contribution in [0.4, 0.5) is 0 Å². The zero-order valence-electron chi connectivity index (χ0n) is 15.2. The van der Waals surface area contributed by atoms with Gasteiger partial charge in [0, 0.05) is 30.3 Å². The molecule has 3 aromatic rings. The van der Waals surface area contributed by atoms with Crippen molar-refractivity contribution < 1.29 is 9.84 Å². The first kappa shape index (κ1) is 19.1. The molecule has 1 N–H and O–H groups in total. The van der Waals surface area contributed by atoms with Crippen LogP contribution in [-0.2, 0) is 6.54 Å². The zero-order chi connectivity index (χ0) is 19.1. The average Bonchev–Trinajstić information content (AvgIpc) is 3.08. The number of allylic oxidation sites excluding steroid dienone is 1. The number of rotatable bonds is 9. The molecule has 2 heterocycles. The molecule has 0 bridgehead atoms. The van der Waals surface area contributed by atoms with Gasteiger partial charge in [-0.1, -0.05) is 30.0 Å². The van der Waals surface area contributed by atoms with Crippen molar-refractivity contribution in [3.8, 4) is 17.1 Å². The van der Waals surface area contributed by atoms with Crippen LogP contribution < -0.4 is 4.74 Å². The minimum absolute atomic E-state index is 0.225. The van der Waals surface area contributed by atoms with E-state index in [0.717, 1.165) is 27.9 Å². The van der Waals surface area contributed by atoms with Crippen molar-refractivity contribution in [1.82, 2.24) is 19.7 Å². The van der Waals surface area contributed by atoms with E-state index in [1.807, 2.05) is 47.9 Å². The summed E-state index contributed by atoms with van der Waals surface area (Å²) in [6.45, 7) is 6.63. The summed E-state index contributed by atoms with van der Waals surface area (Å²) in [6, 6.07) is 11.6. The van der Waals surface area contributed by atoms with E-state index < -0.39 is 6.10 Å². The molecule has 0 fully saturated rings. The third-order valence-electron chi connectivity index (χ3n) is 3.80. The van der Waals surface area contributed by atoms with E-state index in [2.05, 4.69) is 21.8 Å². The van der Waals surface area contributed by atoms with Crippen LogP contribution >= 0.6 is 11.8 Å². The highest BCUT2D eigenvalue weighted by atomic mass is 32.2. The topological polar surface area (TPSA) is 73.1 Å². The summed E-state index contributed by atoms with van der Waals surface area (Å²) >= 11 is 1.44. The van der Waals surface area contributed by atoms with E-state index in [9.17, 15) is 5.11 Å². The minimum Gasteiger partial charge on any atom is -0.491 e. The van der Waals surface area contributed by atoms with Crippen LogP contribution in [0.3, 0.4) is 0 Å². The van der Waals surface area contributed by atoms with Gasteiger partial charge in [-0.15, -0.1) is 16.8 Å². The molecule has 0 radical (unpaired) electrons. The van der Waals surface area contributed by atoms with Gasteiger partial charge in [0.15, 0.2) is 11.0 Å². The number of aryl methyl sites for hydroxylation is 1. The highest BCUT2D eigenvalue weighted by molar-refractivity contribution is 7.99. The second-order valence-electron chi connectivity index (χ2n) is 6.03. The fraction of sp³-hybridized carbons (Fsp3) is 0.250. The van der Waals surface area contributed by atoms with Gasteiger partial charge in [0.2, 0.25) is 0 Å². The van der Waals surface area contributed by atoms with Crippen molar-refractivity contribution in [3.63, 3.8) is 0 Å². The van der Waals surface area contributed by atoms with Crippen molar-refractivity contribution in [2.75, 3.05) is 12.4 Å². The molecule has 0 spiro atoms. The maximum atomic E-state index is 10.3. The number of thioether (sulfide) groups is 1. The number of hydrogen-bond donors (Lipinski definition) is 1. The summed E-state index contributed by atoms with van der Waals surface area (Å²) in [5.74, 6) is 1.97. The summed E-state index contributed by atoms with van der Waals surface area (Å²) in [7, 11) is 0. The van der Waals surface area contributed by atoms with E-state index in [1.54, 1.807) is 18.5 Å². The largest absolute Gasteiger partial charge is 0.491 e. The van der Waals surface area contributed by atoms with Crippen LogP contribution in [0.1, 0.15) is 5.56 Å². The quantitative estimate of drug-likeness (QED) is 0.452. The summed E-state index contributed by atoms with van der Waals surface area (Å²) in [5.41, 5.74) is 2.06. The Bertz CT molecular complexity index is 883. The first-order chi connectivity index (χ1) is 13.2. The number of ether oxygens (including phenoxy) is 1. The van der Waals surface area contributed by atoms with Crippen LogP contribution in [-0.4, -0.2) is 43.3 Å². The highest BCUT2D eigenvalue weighted by Crippen LogP contribution is 2.24. The van der Waals surface area contributed by atoms with Gasteiger partial charge in [0.1, 0.15) is 12.4 Å². The molecule has 0 unspecified atom stereocenters. The number of aliphatic hydroxyl groups excluding tert-OH is 1. The zero-order valence-corrected chi connectivity index (χ0v) is 16.0. The first-order valence-corrected chi connectivity index (χ1v) is 9.60. The molecule has 3 rings (SSSR count). The van der Waals surface area contributed by atoms with E-state index in [0.29, 0.717) is 12.3 Å². The predicted molar refractivity (Wildman–Crippen MR) is 107 cm³/mol. The molecule has 0 amide bonds. The molecular formula is C20H22N4O2S. The number of hydrogen-bond acceptors (Lipinski definition) is 6.